The molecule has 2 aromatic rings. The van der Waals surface area contributed by atoms with Gasteiger partial charge in [-0.15, -0.1) is 11.6 Å². The summed E-state index contributed by atoms with van der Waals surface area (Å²) in [6, 6.07) is 7.01. The van der Waals surface area contributed by atoms with Crippen LogP contribution in [-0.2, 0) is 23.4 Å². The molecule has 204 valence electrons. The number of halogens is 2. The molecule has 2 heterocycles. The van der Waals surface area contributed by atoms with Crippen LogP contribution in [0, 0.1) is 0 Å². The molecule has 6 atom stereocenters. The Morgan fingerprint density at radius 1 is 1.30 bits per heavy atom. The summed E-state index contributed by atoms with van der Waals surface area (Å²) in [5, 5.41) is 13.1. The van der Waals surface area contributed by atoms with E-state index in [0.29, 0.717) is 0 Å². The lowest BCUT2D eigenvalue weighted by molar-refractivity contribution is -0.149. The lowest BCUT2D eigenvalue weighted by Gasteiger charge is -2.26. The van der Waals surface area contributed by atoms with E-state index in [0.717, 1.165) is 10.8 Å². The van der Waals surface area contributed by atoms with Gasteiger partial charge in [-0.1, -0.05) is 29.8 Å². The van der Waals surface area contributed by atoms with Crippen LogP contribution < -0.4 is 20.9 Å². The molecular formula is C22H28Cl2N3O9P. The van der Waals surface area contributed by atoms with E-state index in [1.807, 2.05) is 4.98 Å². The number of nitrogens with zero attached hydrogens (tertiary/aromatic N) is 1. The zero-order chi connectivity index (χ0) is 27.5. The number of benzene rings is 1. The van der Waals surface area contributed by atoms with Gasteiger partial charge in [0, 0.05) is 6.20 Å². The molecule has 37 heavy (non-hydrogen) atoms. The molecule has 1 aliphatic heterocycles. The summed E-state index contributed by atoms with van der Waals surface area (Å²) in [6.07, 6.45) is -3.27. The van der Waals surface area contributed by atoms with Crippen LogP contribution in [0.1, 0.15) is 33.9 Å². The Hall–Kier alpha value is -2.18. The smallest absolute Gasteiger partial charge is 0.459 e. The Labute approximate surface area is 222 Å². The van der Waals surface area contributed by atoms with Crippen LogP contribution in [0.2, 0.25) is 5.02 Å². The minimum absolute atomic E-state index is 0.185. The van der Waals surface area contributed by atoms with Gasteiger partial charge in [0.25, 0.3) is 5.56 Å². The number of carbonyl (C=O) groups is 1. The molecule has 1 aromatic carbocycles. The number of aliphatic hydroxyl groups is 1. The summed E-state index contributed by atoms with van der Waals surface area (Å²) in [7, 11) is -4.25. The van der Waals surface area contributed by atoms with Crippen LogP contribution in [0.25, 0.3) is 0 Å². The highest BCUT2D eigenvalue weighted by Crippen LogP contribution is 2.48. The number of hydrogen-bond acceptors (Lipinski definition) is 9. The quantitative estimate of drug-likeness (QED) is 0.217. The highest BCUT2D eigenvalue weighted by molar-refractivity contribution is 7.52. The number of hydrogen-bond donors (Lipinski definition) is 3. The van der Waals surface area contributed by atoms with E-state index < -0.39 is 67.0 Å². The number of alkyl halides is 1. The average Bonchev–Trinajstić information content (AvgIpc) is 3.03. The fourth-order valence-electron chi connectivity index (χ4n) is 3.49. The molecule has 0 amide bonds. The third-order valence-corrected chi connectivity index (χ3v) is 7.65. The largest absolute Gasteiger partial charge is 0.462 e. The topological polar surface area (TPSA) is 158 Å². The van der Waals surface area contributed by atoms with E-state index in [2.05, 4.69) is 5.09 Å². The molecule has 0 radical (unpaired) electrons. The minimum Gasteiger partial charge on any atom is -0.462 e. The summed E-state index contributed by atoms with van der Waals surface area (Å²) in [5.41, 5.74) is -1.66. The van der Waals surface area contributed by atoms with E-state index in [9.17, 15) is 24.1 Å². The van der Waals surface area contributed by atoms with Crippen molar-refractivity contribution in [3.8, 4) is 5.75 Å². The molecule has 0 bridgehead atoms. The molecule has 0 aliphatic carbocycles. The van der Waals surface area contributed by atoms with Crippen molar-refractivity contribution in [1.29, 1.82) is 0 Å². The van der Waals surface area contributed by atoms with Crippen LogP contribution >= 0.6 is 30.9 Å². The highest BCUT2D eigenvalue weighted by atomic mass is 35.5. The van der Waals surface area contributed by atoms with Crippen LogP contribution in [0.5, 0.6) is 5.75 Å². The molecule has 1 aromatic heterocycles. The Balaban J connectivity index is 1.82. The Kier molecular flexibility index (Phi) is 9.28. The van der Waals surface area contributed by atoms with Crippen molar-refractivity contribution in [2.75, 3.05) is 6.61 Å². The first kappa shape index (κ1) is 29.4. The van der Waals surface area contributed by atoms with Gasteiger partial charge >= 0.3 is 19.4 Å². The molecule has 12 nitrogen and oxygen atoms in total. The SMILES string of the molecule is CC(C)OC(=O)[C@@H](C)N[P@@](=O)(OC[C@H]1OC(n2cc(Cl)c(=O)[nH]c2=O)[C@](C)(Cl)[C@@H]1O)Oc1ccccc1. The van der Waals surface area contributed by atoms with Crippen molar-refractivity contribution in [3.63, 3.8) is 0 Å². The molecule has 0 spiro atoms. The Morgan fingerprint density at radius 2 is 1.95 bits per heavy atom. The fourth-order valence-corrected chi connectivity index (χ4v) is 5.44. The zero-order valence-electron chi connectivity index (χ0n) is 20.4. The third-order valence-electron chi connectivity index (χ3n) is 5.33. The van der Waals surface area contributed by atoms with Crippen molar-refractivity contribution in [3.05, 3.63) is 62.4 Å². The molecule has 1 aliphatic rings. The van der Waals surface area contributed by atoms with E-state index in [1.165, 1.54) is 26.0 Å². The maximum atomic E-state index is 13.6. The average molecular weight is 580 g/mol. The number of ether oxygens (including phenoxy) is 2. The molecule has 15 heteroatoms. The fraction of sp³-hybridized carbons (Fsp3) is 0.500. The van der Waals surface area contributed by atoms with Crippen LogP contribution in [0.4, 0.5) is 0 Å². The Morgan fingerprint density at radius 3 is 2.57 bits per heavy atom. The minimum atomic E-state index is -4.25. The number of aliphatic hydroxyl groups excluding tert-OH is 1. The number of esters is 1. The summed E-state index contributed by atoms with van der Waals surface area (Å²) < 4.78 is 36.6. The monoisotopic (exact) mass is 579 g/mol. The lowest BCUT2D eigenvalue weighted by Crippen LogP contribution is -2.43. The van der Waals surface area contributed by atoms with E-state index in [1.54, 1.807) is 32.0 Å². The van der Waals surface area contributed by atoms with Gasteiger partial charge in [-0.3, -0.25) is 23.7 Å². The predicted octanol–water partition coefficient (Wildman–Crippen LogP) is 2.58. The lowest BCUT2D eigenvalue weighted by atomic mass is 10.0. The number of para-hydroxylation sites is 1. The summed E-state index contributed by atoms with van der Waals surface area (Å²) in [4.78, 5) is 36.7. The number of nitrogens with one attached hydrogen (secondary N) is 2. The van der Waals surface area contributed by atoms with Crippen LogP contribution in [0.3, 0.4) is 0 Å². The van der Waals surface area contributed by atoms with Gasteiger partial charge in [0.05, 0.1) is 12.7 Å². The second-order valence-corrected chi connectivity index (χ2v) is 11.7. The molecule has 1 fully saturated rings. The number of H-pyrrole nitrogens is 1. The number of aromatic nitrogens is 2. The van der Waals surface area contributed by atoms with Crippen molar-refractivity contribution in [2.24, 2.45) is 0 Å². The second-order valence-electron chi connectivity index (χ2n) is 8.80. The van der Waals surface area contributed by atoms with Gasteiger partial charge in [0.15, 0.2) is 6.23 Å². The van der Waals surface area contributed by atoms with Gasteiger partial charge in [0.1, 0.15) is 33.9 Å². The summed E-state index contributed by atoms with van der Waals surface area (Å²) in [6.45, 7) is 5.65. The Bertz CT molecular complexity index is 1270. The molecular weight excluding hydrogens is 552 g/mol. The highest BCUT2D eigenvalue weighted by Gasteiger charge is 2.54. The first-order valence-electron chi connectivity index (χ1n) is 11.2. The first-order valence-corrected chi connectivity index (χ1v) is 13.5. The molecule has 3 rings (SSSR count). The summed E-state index contributed by atoms with van der Waals surface area (Å²) in [5.74, 6) is -0.500. The molecule has 3 N–H and O–H groups in total. The maximum absolute atomic E-state index is 13.6. The number of carbonyl (C=O) groups excluding carboxylic acids is 1. The van der Waals surface area contributed by atoms with Crippen molar-refractivity contribution < 1.29 is 33.0 Å². The summed E-state index contributed by atoms with van der Waals surface area (Å²) >= 11 is 12.4. The van der Waals surface area contributed by atoms with Gasteiger partial charge in [-0.2, -0.15) is 5.09 Å². The van der Waals surface area contributed by atoms with Gasteiger partial charge < -0.3 is 19.1 Å². The molecule has 1 saturated heterocycles. The number of rotatable bonds is 10. The third kappa shape index (κ3) is 7.02. The first-order chi connectivity index (χ1) is 17.2. The van der Waals surface area contributed by atoms with Crippen molar-refractivity contribution in [1.82, 2.24) is 14.6 Å². The van der Waals surface area contributed by atoms with E-state index >= 15 is 0 Å². The molecule has 1 unspecified atom stereocenters. The predicted molar refractivity (Wildman–Crippen MR) is 135 cm³/mol. The molecule has 0 saturated carbocycles. The zero-order valence-corrected chi connectivity index (χ0v) is 22.8. The van der Waals surface area contributed by atoms with E-state index in [-0.39, 0.29) is 10.8 Å². The van der Waals surface area contributed by atoms with Crippen LogP contribution in [0.15, 0.2) is 46.1 Å². The van der Waals surface area contributed by atoms with Gasteiger partial charge in [-0.25, -0.2) is 9.36 Å². The van der Waals surface area contributed by atoms with Gasteiger partial charge in [0.2, 0.25) is 0 Å². The number of aromatic amines is 1. The van der Waals surface area contributed by atoms with E-state index in [4.69, 9.17) is 41.7 Å². The normalized spacial score (nSPS) is 26.0. The van der Waals surface area contributed by atoms with Gasteiger partial charge in [-0.05, 0) is 39.8 Å². The van der Waals surface area contributed by atoms with Crippen molar-refractivity contribution >= 4 is 36.9 Å². The second kappa shape index (κ2) is 11.7. The van der Waals surface area contributed by atoms with Crippen LogP contribution in [-0.4, -0.2) is 56.5 Å². The standard InChI is InChI=1S/C22H28Cl2N3O9P/c1-12(2)34-19(30)13(3)26-37(32,36-14-8-6-5-7-9-14)33-11-16-17(28)22(4,24)20(35-16)27-10-15(23)18(29)25-21(27)31/h5-10,12-13,16-17,20,28H,11H2,1-4H3,(H,26,32)(H,25,29,31)/t13-,16-,17-,20?,22-,37-/m1/s1. The maximum Gasteiger partial charge on any atom is 0.459 e. The van der Waals surface area contributed by atoms with Crippen molar-refractivity contribution in [2.45, 2.75) is 63.2 Å².